The molecular formula is C16H11N3. The summed E-state index contributed by atoms with van der Waals surface area (Å²) in [5.74, 6) is 6.27. The molecule has 0 radical (unpaired) electrons. The van der Waals surface area contributed by atoms with E-state index in [2.05, 4.69) is 26.8 Å². The molecule has 0 unspecified atom stereocenters. The second-order valence-electron chi connectivity index (χ2n) is 4.19. The molecule has 3 aromatic rings. The molecule has 3 rings (SSSR count). The minimum absolute atomic E-state index is 0.643. The first-order valence-electron chi connectivity index (χ1n) is 5.97. The maximum absolute atomic E-state index is 4.24. The first kappa shape index (κ1) is 11.4. The van der Waals surface area contributed by atoms with Crippen LogP contribution in [0.1, 0.15) is 16.7 Å². The number of aryl methyl sites for hydroxylation is 1. The van der Waals surface area contributed by atoms with Gasteiger partial charge in [-0.15, -0.1) is 0 Å². The van der Waals surface area contributed by atoms with Crippen molar-refractivity contribution < 1.29 is 0 Å². The Kier molecular flexibility index (Phi) is 2.91. The van der Waals surface area contributed by atoms with Crippen LogP contribution in [0.25, 0.3) is 11.2 Å². The van der Waals surface area contributed by atoms with Gasteiger partial charge in [-0.25, -0.2) is 9.97 Å². The molecule has 0 saturated carbocycles. The van der Waals surface area contributed by atoms with Crippen molar-refractivity contribution in [1.29, 1.82) is 0 Å². The van der Waals surface area contributed by atoms with Gasteiger partial charge < -0.3 is 0 Å². The van der Waals surface area contributed by atoms with E-state index in [1.807, 2.05) is 37.3 Å². The summed E-state index contributed by atoms with van der Waals surface area (Å²) < 4.78 is 0. The van der Waals surface area contributed by atoms with Crippen LogP contribution in [0.15, 0.2) is 48.9 Å². The van der Waals surface area contributed by atoms with E-state index in [1.165, 1.54) is 5.56 Å². The van der Waals surface area contributed by atoms with Crippen LogP contribution < -0.4 is 0 Å². The SMILES string of the molecule is Cc1ccccc1C#Cc1cnc2nccnc2c1. The molecule has 0 amide bonds. The lowest BCUT2D eigenvalue weighted by molar-refractivity contribution is 1.22. The molecular weight excluding hydrogens is 234 g/mol. The third-order valence-corrected chi connectivity index (χ3v) is 2.81. The lowest BCUT2D eigenvalue weighted by Gasteiger charge is -1.96. The summed E-state index contributed by atoms with van der Waals surface area (Å²) in [7, 11) is 0. The molecule has 0 atom stereocenters. The number of aromatic nitrogens is 3. The van der Waals surface area contributed by atoms with Crippen molar-refractivity contribution in [3.8, 4) is 11.8 Å². The highest BCUT2D eigenvalue weighted by Gasteiger charge is 1.97. The van der Waals surface area contributed by atoms with Gasteiger partial charge in [0.05, 0.1) is 0 Å². The summed E-state index contributed by atoms with van der Waals surface area (Å²) in [6, 6.07) is 9.96. The summed E-state index contributed by atoms with van der Waals surface area (Å²) in [4.78, 5) is 12.6. The van der Waals surface area contributed by atoms with Crippen LogP contribution >= 0.6 is 0 Å². The van der Waals surface area contributed by atoms with E-state index in [0.29, 0.717) is 5.65 Å². The van der Waals surface area contributed by atoms with Crippen LogP contribution in [0.5, 0.6) is 0 Å². The fourth-order valence-corrected chi connectivity index (χ4v) is 1.78. The van der Waals surface area contributed by atoms with Crippen molar-refractivity contribution in [3.05, 3.63) is 65.6 Å². The van der Waals surface area contributed by atoms with E-state index in [4.69, 9.17) is 0 Å². The predicted octanol–water partition coefficient (Wildman–Crippen LogP) is 2.73. The summed E-state index contributed by atoms with van der Waals surface area (Å²) in [6.45, 7) is 2.05. The van der Waals surface area contributed by atoms with Gasteiger partial charge in [0, 0.05) is 29.7 Å². The highest BCUT2D eigenvalue weighted by molar-refractivity contribution is 5.70. The van der Waals surface area contributed by atoms with Crippen LogP contribution in [-0.4, -0.2) is 15.0 Å². The van der Waals surface area contributed by atoms with E-state index in [9.17, 15) is 0 Å². The van der Waals surface area contributed by atoms with Gasteiger partial charge in [0.1, 0.15) is 5.52 Å². The zero-order valence-electron chi connectivity index (χ0n) is 10.5. The van der Waals surface area contributed by atoms with E-state index >= 15 is 0 Å². The maximum Gasteiger partial charge on any atom is 0.178 e. The Hall–Kier alpha value is -2.73. The van der Waals surface area contributed by atoms with E-state index in [-0.39, 0.29) is 0 Å². The van der Waals surface area contributed by atoms with Crippen LogP contribution in [0, 0.1) is 18.8 Å². The number of fused-ring (bicyclic) bond motifs is 1. The van der Waals surface area contributed by atoms with Crippen LogP contribution in [0.2, 0.25) is 0 Å². The van der Waals surface area contributed by atoms with E-state index in [0.717, 1.165) is 16.6 Å². The van der Waals surface area contributed by atoms with Crippen molar-refractivity contribution in [3.63, 3.8) is 0 Å². The summed E-state index contributed by atoms with van der Waals surface area (Å²) in [5.41, 5.74) is 4.45. The number of hydrogen-bond donors (Lipinski definition) is 0. The van der Waals surface area contributed by atoms with Crippen LogP contribution in [0.3, 0.4) is 0 Å². The largest absolute Gasteiger partial charge is 0.251 e. The average Bonchev–Trinajstić information content (AvgIpc) is 2.46. The monoisotopic (exact) mass is 245 g/mol. The third-order valence-electron chi connectivity index (χ3n) is 2.81. The van der Waals surface area contributed by atoms with Crippen molar-refractivity contribution >= 4 is 11.2 Å². The molecule has 1 aromatic carbocycles. The molecule has 0 fully saturated rings. The van der Waals surface area contributed by atoms with Crippen molar-refractivity contribution in [2.75, 3.05) is 0 Å². The lowest BCUT2D eigenvalue weighted by Crippen LogP contribution is -1.87. The summed E-state index contributed by atoms with van der Waals surface area (Å²) in [6.07, 6.45) is 5.01. The van der Waals surface area contributed by atoms with Crippen molar-refractivity contribution in [2.24, 2.45) is 0 Å². The van der Waals surface area contributed by atoms with Crippen molar-refractivity contribution in [2.45, 2.75) is 6.92 Å². The quantitative estimate of drug-likeness (QED) is 0.572. The molecule has 0 saturated heterocycles. The second kappa shape index (κ2) is 4.87. The number of rotatable bonds is 0. The zero-order chi connectivity index (χ0) is 13.1. The molecule has 2 heterocycles. The number of pyridine rings is 1. The summed E-state index contributed by atoms with van der Waals surface area (Å²) >= 11 is 0. The molecule has 0 N–H and O–H groups in total. The Bertz CT molecular complexity index is 797. The Labute approximate surface area is 111 Å². The Morgan fingerprint density at radius 3 is 2.68 bits per heavy atom. The molecule has 3 nitrogen and oxygen atoms in total. The molecule has 0 aliphatic carbocycles. The highest BCUT2D eigenvalue weighted by Crippen LogP contribution is 2.08. The number of hydrogen-bond acceptors (Lipinski definition) is 3. The molecule has 2 aromatic heterocycles. The number of benzene rings is 1. The second-order valence-corrected chi connectivity index (χ2v) is 4.19. The van der Waals surface area contributed by atoms with Crippen LogP contribution in [0.4, 0.5) is 0 Å². The maximum atomic E-state index is 4.24. The first-order valence-corrected chi connectivity index (χ1v) is 5.97. The topological polar surface area (TPSA) is 38.7 Å². The van der Waals surface area contributed by atoms with E-state index in [1.54, 1.807) is 18.6 Å². The molecule has 3 heteroatoms. The molecule has 0 aliphatic rings. The fourth-order valence-electron chi connectivity index (χ4n) is 1.78. The van der Waals surface area contributed by atoms with Gasteiger partial charge in [0.15, 0.2) is 5.65 Å². The van der Waals surface area contributed by atoms with Gasteiger partial charge in [-0.1, -0.05) is 30.0 Å². The van der Waals surface area contributed by atoms with Gasteiger partial charge in [0.2, 0.25) is 0 Å². The first-order chi connectivity index (χ1) is 9.33. The normalized spacial score (nSPS) is 9.95. The summed E-state index contributed by atoms with van der Waals surface area (Å²) in [5, 5.41) is 0. The molecule has 0 spiro atoms. The Balaban J connectivity index is 2.01. The van der Waals surface area contributed by atoms with Crippen molar-refractivity contribution in [1.82, 2.24) is 15.0 Å². The molecule has 0 bridgehead atoms. The molecule has 90 valence electrons. The van der Waals surface area contributed by atoms with Gasteiger partial charge in [-0.05, 0) is 24.6 Å². The standard InChI is InChI=1S/C16H11N3/c1-12-4-2-3-5-14(12)7-6-13-10-15-16(19-11-13)18-9-8-17-15/h2-5,8-11H,1H3. The van der Waals surface area contributed by atoms with Crippen LogP contribution in [-0.2, 0) is 0 Å². The zero-order valence-corrected chi connectivity index (χ0v) is 10.5. The average molecular weight is 245 g/mol. The number of nitrogens with zero attached hydrogens (tertiary/aromatic N) is 3. The third kappa shape index (κ3) is 2.43. The predicted molar refractivity (Wildman–Crippen MR) is 74.5 cm³/mol. The molecule has 0 aliphatic heterocycles. The van der Waals surface area contributed by atoms with Gasteiger partial charge in [-0.2, -0.15) is 0 Å². The molecule has 19 heavy (non-hydrogen) atoms. The fraction of sp³-hybridized carbons (Fsp3) is 0.0625. The van der Waals surface area contributed by atoms with Gasteiger partial charge in [0.25, 0.3) is 0 Å². The highest BCUT2D eigenvalue weighted by atomic mass is 14.9. The smallest absolute Gasteiger partial charge is 0.178 e. The Morgan fingerprint density at radius 1 is 0.947 bits per heavy atom. The van der Waals surface area contributed by atoms with Gasteiger partial charge >= 0.3 is 0 Å². The van der Waals surface area contributed by atoms with E-state index < -0.39 is 0 Å². The van der Waals surface area contributed by atoms with Gasteiger partial charge in [-0.3, -0.25) is 4.98 Å². The minimum atomic E-state index is 0.643. The lowest BCUT2D eigenvalue weighted by atomic mass is 10.1. The minimum Gasteiger partial charge on any atom is -0.251 e. The Morgan fingerprint density at radius 2 is 1.79 bits per heavy atom.